The second-order valence-corrected chi connectivity index (χ2v) is 12.3. The van der Waals surface area contributed by atoms with E-state index in [9.17, 15) is 0 Å². The van der Waals surface area contributed by atoms with E-state index in [4.69, 9.17) is 9.40 Å². The van der Waals surface area contributed by atoms with Gasteiger partial charge >= 0.3 is 0 Å². The first kappa shape index (κ1) is 25.8. The number of fused-ring (bicyclic) bond motifs is 6. The van der Waals surface area contributed by atoms with Crippen LogP contribution in [0.4, 0.5) is 17.1 Å². The minimum absolute atomic E-state index is 0.632. The van der Waals surface area contributed by atoms with Crippen molar-refractivity contribution in [1.82, 2.24) is 4.98 Å². The van der Waals surface area contributed by atoms with Crippen LogP contribution >= 0.6 is 11.3 Å². The molecule has 9 aromatic rings. The van der Waals surface area contributed by atoms with E-state index >= 15 is 0 Å². The van der Waals surface area contributed by atoms with Crippen LogP contribution < -0.4 is 4.90 Å². The number of oxazole rings is 1. The molecular weight excluding hydrogens is 569 g/mol. The lowest BCUT2D eigenvalue weighted by Gasteiger charge is -2.26. The highest BCUT2D eigenvalue weighted by Crippen LogP contribution is 2.42. The maximum atomic E-state index is 6.24. The largest absolute Gasteiger partial charge is 0.436 e. The summed E-state index contributed by atoms with van der Waals surface area (Å²) in [4.78, 5) is 7.33. The van der Waals surface area contributed by atoms with Gasteiger partial charge in [0.2, 0.25) is 5.89 Å². The van der Waals surface area contributed by atoms with E-state index in [1.54, 1.807) is 0 Å². The average molecular weight is 595 g/mol. The third-order valence-electron chi connectivity index (χ3n) is 8.49. The molecule has 0 radical (unpaired) electrons. The van der Waals surface area contributed by atoms with Gasteiger partial charge in [0.15, 0.2) is 5.58 Å². The zero-order valence-electron chi connectivity index (χ0n) is 24.2. The van der Waals surface area contributed by atoms with E-state index in [2.05, 4.69) is 126 Å². The van der Waals surface area contributed by atoms with Crippen LogP contribution in [0.1, 0.15) is 0 Å². The van der Waals surface area contributed by atoms with Gasteiger partial charge in [0.1, 0.15) is 5.52 Å². The molecule has 2 aromatic heterocycles. The first-order valence-electron chi connectivity index (χ1n) is 15.0. The molecule has 212 valence electrons. The third-order valence-corrected chi connectivity index (χ3v) is 9.63. The molecule has 7 aromatic carbocycles. The molecule has 0 bridgehead atoms. The van der Waals surface area contributed by atoms with Gasteiger partial charge in [0, 0.05) is 48.2 Å². The Bertz CT molecular complexity index is 2480. The Morgan fingerprint density at radius 2 is 1.09 bits per heavy atom. The number of aromatic nitrogens is 1. The molecule has 0 N–H and O–H groups in total. The monoisotopic (exact) mass is 594 g/mol. The van der Waals surface area contributed by atoms with E-state index in [-0.39, 0.29) is 0 Å². The van der Waals surface area contributed by atoms with Gasteiger partial charge in [-0.05, 0) is 77.2 Å². The number of anilines is 3. The summed E-state index contributed by atoms with van der Waals surface area (Å²) in [5.74, 6) is 0.632. The van der Waals surface area contributed by atoms with Gasteiger partial charge in [0.25, 0.3) is 0 Å². The summed E-state index contributed by atoms with van der Waals surface area (Å²) in [6.45, 7) is 0. The summed E-state index contributed by atoms with van der Waals surface area (Å²) in [5, 5.41) is 4.77. The van der Waals surface area contributed by atoms with Crippen molar-refractivity contribution in [3.63, 3.8) is 0 Å². The van der Waals surface area contributed by atoms with Crippen molar-refractivity contribution >= 4 is 70.4 Å². The summed E-state index contributed by atoms with van der Waals surface area (Å²) >= 11 is 1.84. The van der Waals surface area contributed by atoms with E-state index in [0.717, 1.165) is 44.5 Å². The van der Waals surface area contributed by atoms with Crippen LogP contribution in [-0.2, 0) is 0 Å². The molecule has 0 fully saturated rings. The number of hydrogen-bond acceptors (Lipinski definition) is 4. The second kappa shape index (κ2) is 10.5. The van der Waals surface area contributed by atoms with Crippen LogP contribution in [0.15, 0.2) is 162 Å². The molecule has 45 heavy (non-hydrogen) atoms. The molecule has 0 aliphatic rings. The molecule has 0 saturated heterocycles. The van der Waals surface area contributed by atoms with E-state index in [1.165, 1.54) is 31.3 Å². The fourth-order valence-corrected chi connectivity index (χ4v) is 7.41. The highest BCUT2D eigenvalue weighted by atomic mass is 32.1. The highest BCUT2D eigenvalue weighted by molar-refractivity contribution is 7.25. The van der Waals surface area contributed by atoms with Crippen molar-refractivity contribution in [3.05, 3.63) is 158 Å². The molecule has 3 nitrogen and oxygen atoms in total. The Balaban J connectivity index is 1.22. The lowest BCUT2D eigenvalue weighted by molar-refractivity contribution is 0.620. The molecule has 2 heterocycles. The van der Waals surface area contributed by atoms with Crippen molar-refractivity contribution in [3.8, 4) is 22.6 Å². The first-order valence-corrected chi connectivity index (χ1v) is 15.9. The minimum Gasteiger partial charge on any atom is -0.436 e. The van der Waals surface area contributed by atoms with E-state index in [1.807, 2.05) is 47.7 Å². The van der Waals surface area contributed by atoms with Crippen LogP contribution in [0.25, 0.3) is 64.6 Å². The molecule has 0 spiro atoms. The summed E-state index contributed by atoms with van der Waals surface area (Å²) in [6.07, 6.45) is 0. The summed E-state index contributed by atoms with van der Waals surface area (Å²) < 4.78 is 8.81. The summed E-state index contributed by atoms with van der Waals surface area (Å²) in [6, 6.07) is 55.7. The Morgan fingerprint density at radius 3 is 1.91 bits per heavy atom. The Labute approximate surface area is 264 Å². The summed E-state index contributed by atoms with van der Waals surface area (Å²) in [7, 11) is 0. The predicted molar refractivity (Wildman–Crippen MR) is 190 cm³/mol. The number of hydrogen-bond donors (Lipinski definition) is 0. The van der Waals surface area contributed by atoms with Crippen molar-refractivity contribution in [2.24, 2.45) is 0 Å². The molecule has 9 rings (SSSR count). The first-order chi connectivity index (χ1) is 22.3. The van der Waals surface area contributed by atoms with Gasteiger partial charge in [-0.2, -0.15) is 0 Å². The molecular formula is C41H26N2OS. The standard InChI is InChI=1S/C41H26N2OS/c1-3-9-27(10-4-1)28-15-19-31(20-16-28)43(33-22-23-35-34-13-7-8-14-38(34)45-39(35)26-33)32-21-17-29-18-24-37-40(36(29)25-32)42-41(44-37)30-11-5-2-6-12-30/h1-26H. The van der Waals surface area contributed by atoms with Crippen molar-refractivity contribution in [2.45, 2.75) is 0 Å². The zero-order valence-corrected chi connectivity index (χ0v) is 25.0. The zero-order chi connectivity index (χ0) is 29.7. The van der Waals surface area contributed by atoms with Crippen LogP contribution in [0.3, 0.4) is 0 Å². The lowest BCUT2D eigenvalue weighted by Crippen LogP contribution is -2.09. The number of thiophene rings is 1. The van der Waals surface area contributed by atoms with Crippen molar-refractivity contribution in [2.75, 3.05) is 4.90 Å². The quantitative estimate of drug-likeness (QED) is 0.198. The number of benzene rings is 7. The molecule has 0 amide bonds. The fourth-order valence-electron chi connectivity index (χ4n) is 6.28. The normalized spacial score (nSPS) is 11.6. The van der Waals surface area contributed by atoms with Gasteiger partial charge in [-0.15, -0.1) is 11.3 Å². The van der Waals surface area contributed by atoms with Crippen molar-refractivity contribution in [1.29, 1.82) is 0 Å². The maximum absolute atomic E-state index is 6.24. The van der Waals surface area contributed by atoms with Gasteiger partial charge in [-0.3, -0.25) is 0 Å². The van der Waals surface area contributed by atoms with Crippen molar-refractivity contribution < 1.29 is 4.42 Å². The topological polar surface area (TPSA) is 29.3 Å². The SMILES string of the molecule is c1ccc(-c2ccc(N(c3ccc4c(c3)sc3ccccc34)c3ccc4ccc5oc(-c6ccccc6)nc5c4c3)cc2)cc1. The maximum Gasteiger partial charge on any atom is 0.227 e. The Kier molecular flexibility index (Phi) is 6.00. The van der Waals surface area contributed by atoms with Gasteiger partial charge in [-0.1, -0.05) is 97.1 Å². The fraction of sp³-hybridized carbons (Fsp3) is 0. The molecule has 0 unspecified atom stereocenters. The molecule has 0 saturated carbocycles. The highest BCUT2D eigenvalue weighted by Gasteiger charge is 2.18. The third kappa shape index (κ3) is 4.46. The van der Waals surface area contributed by atoms with Crippen LogP contribution in [0.2, 0.25) is 0 Å². The second-order valence-electron chi connectivity index (χ2n) is 11.2. The van der Waals surface area contributed by atoms with Crippen LogP contribution in [0, 0.1) is 0 Å². The van der Waals surface area contributed by atoms with Gasteiger partial charge in [-0.25, -0.2) is 4.98 Å². The predicted octanol–water partition coefficient (Wildman–Crippen LogP) is 12.2. The van der Waals surface area contributed by atoms with E-state index in [0.29, 0.717) is 5.89 Å². The lowest BCUT2D eigenvalue weighted by atomic mass is 10.0. The Morgan fingerprint density at radius 1 is 0.467 bits per heavy atom. The van der Waals surface area contributed by atoms with Gasteiger partial charge < -0.3 is 9.32 Å². The Hall–Kier alpha value is -5.71. The minimum atomic E-state index is 0.632. The van der Waals surface area contributed by atoms with Gasteiger partial charge in [0.05, 0.1) is 0 Å². The molecule has 0 aliphatic heterocycles. The number of rotatable bonds is 5. The van der Waals surface area contributed by atoms with Crippen LogP contribution in [0.5, 0.6) is 0 Å². The molecule has 0 aliphatic carbocycles. The summed E-state index contributed by atoms with van der Waals surface area (Å²) in [5.41, 5.74) is 8.27. The molecule has 4 heteroatoms. The van der Waals surface area contributed by atoms with Crippen LogP contribution in [-0.4, -0.2) is 4.98 Å². The molecule has 0 atom stereocenters. The average Bonchev–Trinajstić information content (AvgIpc) is 3.72. The van der Waals surface area contributed by atoms with E-state index < -0.39 is 0 Å². The smallest absolute Gasteiger partial charge is 0.227 e. The number of nitrogens with zero attached hydrogens (tertiary/aromatic N) is 2.